The first-order valence-electron chi connectivity index (χ1n) is 12.8. The molecule has 1 unspecified atom stereocenters. The summed E-state index contributed by atoms with van der Waals surface area (Å²) in [6.45, 7) is 0.155. The maximum absolute atomic E-state index is 14.6. The molecule has 12 heteroatoms. The van der Waals surface area contributed by atoms with Crippen LogP contribution in [0.5, 0.6) is 5.75 Å². The first kappa shape index (κ1) is 25.7. The fourth-order valence-corrected chi connectivity index (χ4v) is 4.52. The van der Waals surface area contributed by atoms with E-state index in [1.807, 2.05) is 36.4 Å². The Bertz CT molecular complexity index is 1650. The molecule has 4 aliphatic rings. The van der Waals surface area contributed by atoms with Gasteiger partial charge in [0.2, 0.25) is 11.9 Å². The van der Waals surface area contributed by atoms with Gasteiger partial charge in [-0.05, 0) is 41.5 Å². The minimum atomic E-state index is -1.53. The molecule has 4 aliphatic heterocycles. The van der Waals surface area contributed by atoms with Gasteiger partial charge in [0.25, 0.3) is 17.9 Å². The topological polar surface area (TPSA) is 146 Å². The van der Waals surface area contributed by atoms with Crippen molar-refractivity contribution in [3.8, 4) is 5.75 Å². The number of benzene rings is 3. The SMILES string of the molecule is O=C1Nc2cc3ccc2OC1C(=O)N[C@@H](Cc1ccccc1)C(=O)NCc1cccc(c1)Nc1ncc(F)c(n1)N3. The van der Waals surface area contributed by atoms with E-state index in [0.29, 0.717) is 11.4 Å². The molecule has 0 spiro atoms. The summed E-state index contributed by atoms with van der Waals surface area (Å²) in [5.74, 6) is -2.31. The van der Waals surface area contributed by atoms with E-state index < -0.39 is 35.7 Å². The van der Waals surface area contributed by atoms with Gasteiger partial charge in [0.05, 0.1) is 11.9 Å². The number of carbonyl (C=O) groups is 3. The Kier molecular flexibility index (Phi) is 6.86. The fourth-order valence-electron chi connectivity index (χ4n) is 4.52. The number of ether oxygens (including phenoxy) is 1. The van der Waals surface area contributed by atoms with Crippen molar-refractivity contribution in [1.82, 2.24) is 20.6 Å². The summed E-state index contributed by atoms with van der Waals surface area (Å²) >= 11 is 0. The molecule has 0 radical (unpaired) electrons. The summed E-state index contributed by atoms with van der Waals surface area (Å²) in [6, 6.07) is 20.1. The summed E-state index contributed by atoms with van der Waals surface area (Å²) in [7, 11) is 0. The van der Waals surface area contributed by atoms with Gasteiger partial charge in [-0.25, -0.2) is 9.37 Å². The van der Waals surface area contributed by atoms with E-state index in [4.69, 9.17) is 4.74 Å². The zero-order chi connectivity index (χ0) is 28.3. The van der Waals surface area contributed by atoms with Crippen molar-refractivity contribution in [3.05, 3.63) is 95.9 Å². The number of fused-ring (bicyclic) bond motifs is 2. The van der Waals surface area contributed by atoms with Crippen LogP contribution in [0.25, 0.3) is 0 Å². The highest BCUT2D eigenvalue weighted by molar-refractivity contribution is 6.12. The van der Waals surface area contributed by atoms with Crippen molar-refractivity contribution in [2.24, 2.45) is 0 Å². The summed E-state index contributed by atoms with van der Waals surface area (Å²) in [4.78, 5) is 47.7. The highest BCUT2D eigenvalue weighted by Gasteiger charge is 2.36. The third-order valence-electron chi connectivity index (χ3n) is 6.53. The molecule has 0 fully saturated rings. The molecule has 8 bridgehead atoms. The van der Waals surface area contributed by atoms with Crippen LogP contribution in [0, 0.1) is 5.82 Å². The molecule has 0 saturated heterocycles. The first-order chi connectivity index (χ1) is 19.9. The van der Waals surface area contributed by atoms with Crippen LogP contribution in [0.15, 0.2) is 79.0 Å². The maximum Gasteiger partial charge on any atom is 0.275 e. The van der Waals surface area contributed by atoms with Gasteiger partial charge < -0.3 is 31.3 Å². The average Bonchev–Trinajstić information content (AvgIpc) is 2.97. The predicted molar refractivity (Wildman–Crippen MR) is 148 cm³/mol. The standard InChI is InChI=1S/C29H24FN7O4/c30-20-15-32-29-34-18-8-4-7-17(11-18)14-31-26(38)22(12-16-5-2-1-3-6-16)36-28(40)24-27(39)35-21-13-19(33-25(20)37-29)9-10-23(21)41-24/h1-11,13,15,22,24H,12,14H2,(H,31,38)(H,35,39)(H,36,40)(H2,32,33,34,37)/t22-,24?/m0/s1. The van der Waals surface area contributed by atoms with Crippen molar-refractivity contribution in [2.45, 2.75) is 25.1 Å². The number of carbonyl (C=O) groups excluding carboxylic acids is 3. The fraction of sp³-hybridized carbons (Fsp3) is 0.138. The number of amides is 3. The largest absolute Gasteiger partial charge is 0.468 e. The Morgan fingerprint density at radius 2 is 1.68 bits per heavy atom. The molecule has 8 rings (SSSR count). The van der Waals surface area contributed by atoms with Gasteiger partial charge in [-0.3, -0.25) is 14.4 Å². The monoisotopic (exact) mass is 553 g/mol. The molecular formula is C29H24FN7O4. The molecule has 3 aromatic carbocycles. The van der Waals surface area contributed by atoms with Gasteiger partial charge in [-0.1, -0.05) is 42.5 Å². The number of anilines is 5. The Labute approximate surface area is 233 Å². The number of halogens is 1. The molecule has 1 aromatic heterocycles. The van der Waals surface area contributed by atoms with Gasteiger partial charge in [-0.2, -0.15) is 4.98 Å². The van der Waals surface area contributed by atoms with Crippen LogP contribution in [0.2, 0.25) is 0 Å². The van der Waals surface area contributed by atoms with E-state index in [1.165, 1.54) is 12.1 Å². The number of nitrogens with zero attached hydrogens (tertiary/aromatic N) is 2. The molecule has 5 heterocycles. The normalized spacial score (nSPS) is 18.2. The number of rotatable bonds is 2. The number of hydrogen-bond donors (Lipinski definition) is 5. The minimum Gasteiger partial charge on any atom is -0.468 e. The van der Waals surface area contributed by atoms with Gasteiger partial charge in [0.15, 0.2) is 11.6 Å². The maximum atomic E-state index is 14.6. The molecule has 4 aromatic rings. The quantitative estimate of drug-likeness (QED) is 0.238. The Hall–Kier alpha value is -5.52. The van der Waals surface area contributed by atoms with Crippen molar-refractivity contribution < 1.29 is 23.5 Å². The van der Waals surface area contributed by atoms with E-state index in [1.54, 1.807) is 24.3 Å². The zero-order valence-electron chi connectivity index (χ0n) is 21.5. The van der Waals surface area contributed by atoms with E-state index in [9.17, 15) is 18.8 Å². The zero-order valence-corrected chi connectivity index (χ0v) is 21.5. The molecule has 5 N–H and O–H groups in total. The molecule has 0 saturated carbocycles. The van der Waals surface area contributed by atoms with Crippen LogP contribution >= 0.6 is 0 Å². The Balaban J connectivity index is 1.36. The molecular weight excluding hydrogens is 529 g/mol. The van der Waals surface area contributed by atoms with E-state index >= 15 is 0 Å². The second-order valence-electron chi connectivity index (χ2n) is 9.51. The van der Waals surface area contributed by atoms with Crippen molar-refractivity contribution >= 4 is 46.5 Å². The molecule has 3 amide bonds. The van der Waals surface area contributed by atoms with E-state index in [-0.39, 0.29) is 36.2 Å². The molecule has 206 valence electrons. The van der Waals surface area contributed by atoms with Gasteiger partial charge >= 0.3 is 0 Å². The lowest BCUT2D eigenvalue weighted by molar-refractivity contribution is -0.139. The van der Waals surface area contributed by atoms with Crippen LogP contribution in [0.3, 0.4) is 0 Å². The smallest absolute Gasteiger partial charge is 0.275 e. The second kappa shape index (κ2) is 10.9. The van der Waals surface area contributed by atoms with Crippen LogP contribution in [0.4, 0.5) is 33.2 Å². The summed E-state index contributed by atoms with van der Waals surface area (Å²) in [6.07, 6.45) is -0.292. The van der Waals surface area contributed by atoms with E-state index in [0.717, 1.165) is 17.3 Å². The molecule has 11 nitrogen and oxygen atoms in total. The number of hydrogen-bond acceptors (Lipinski definition) is 8. The summed E-state index contributed by atoms with van der Waals surface area (Å²) in [5, 5.41) is 14.1. The van der Waals surface area contributed by atoms with Crippen LogP contribution in [-0.4, -0.2) is 39.8 Å². The lowest BCUT2D eigenvalue weighted by Crippen LogP contribution is -2.55. The van der Waals surface area contributed by atoms with Gasteiger partial charge in [-0.15, -0.1) is 0 Å². The predicted octanol–water partition coefficient (Wildman–Crippen LogP) is 3.16. The molecule has 41 heavy (non-hydrogen) atoms. The second-order valence-corrected chi connectivity index (χ2v) is 9.51. The lowest BCUT2D eigenvalue weighted by atomic mass is 10.0. The summed E-state index contributed by atoms with van der Waals surface area (Å²) in [5.41, 5.74) is 2.90. The highest BCUT2D eigenvalue weighted by atomic mass is 19.1. The van der Waals surface area contributed by atoms with Crippen molar-refractivity contribution in [3.63, 3.8) is 0 Å². The van der Waals surface area contributed by atoms with Gasteiger partial charge in [0, 0.05) is 24.3 Å². The Morgan fingerprint density at radius 1 is 0.854 bits per heavy atom. The molecule has 0 aliphatic carbocycles. The number of nitrogens with one attached hydrogen (secondary N) is 5. The Morgan fingerprint density at radius 3 is 2.54 bits per heavy atom. The van der Waals surface area contributed by atoms with Crippen LogP contribution in [0.1, 0.15) is 11.1 Å². The van der Waals surface area contributed by atoms with Gasteiger partial charge in [0.1, 0.15) is 11.8 Å². The first-order valence-corrected chi connectivity index (χ1v) is 12.8. The van der Waals surface area contributed by atoms with E-state index in [2.05, 4.69) is 36.6 Å². The van der Waals surface area contributed by atoms with Crippen molar-refractivity contribution in [2.75, 3.05) is 16.0 Å². The lowest BCUT2D eigenvalue weighted by Gasteiger charge is -2.27. The third kappa shape index (κ3) is 5.76. The minimum absolute atomic E-state index is 0.0926. The van der Waals surface area contributed by atoms with Crippen molar-refractivity contribution in [1.29, 1.82) is 0 Å². The summed E-state index contributed by atoms with van der Waals surface area (Å²) < 4.78 is 20.3. The highest BCUT2D eigenvalue weighted by Crippen LogP contribution is 2.33. The average molecular weight is 554 g/mol. The third-order valence-corrected chi connectivity index (χ3v) is 6.53. The molecule has 2 atom stereocenters. The van der Waals surface area contributed by atoms with Crippen LogP contribution in [-0.2, 0) is 27.3 Å². The van der Waals surface area contributed by atoms with Crippen LogP contribution < -0.4 is 31.3 Å². The number of aromatic nitrogens is 2.